The Bertz CT molecular complexity index is 1280. The summed E-state index contributed by atoms with van der Waals surface area (Å²) >= 11 is 0.833. The van der Waals surface area contributed by atoms with E-state index >= 15 is 0 Å². The number of nitrogens with zero attached hydrogens (tertiary/aromatic N) is 3. The molecule has 11 heteroatoms. The largest absolute Gasteiger partial charge is 0.465 e. The molecule has 31 heavy (non-hydrogen) atoms. The third-order valence-electron chi connectivity index (χ3n) is 3.99. The van der Waals surface area contributed by atoms with Gasteiger partial charge in [0.2, 0.25) is 0 Å². The summed E-state index contributed by atoms with van der Waals surface area (Å²) in [7, 11) is 0. The van der Waals surface area contributed by atoms with Crippen LogP contribution < -0.4 is 4.80 Å². The van der Waals surface area contributed by atoms with Crippen molar-refractivity contribution in [2.75, 3.05) is 6.61 Å². The van der Waals surface area contributed by atoms with Crippen molar-refractivity contribution in [3.63, 3.8) is 0 Å². The van der Waals surface area contributed by atoms with E-state index in [1.807, 2.05) is 0 Å². The van der Waals surface area contributed by atoms with Gasteiger partial charge >= 0.3 is 5.97 Å². The van der Waals surface area contributed by atoms with Crippen molar-refractivity contribution in [1.29, 1.82) is 0 Å². The zero-order valence-electron chi connectivity index (χ0n) is 16.1. The summed E-state index contributed by atoms with van der Waals surface area (Å²) in [6, 6.07) is 7.37. The Morgan fingerprint density at radius 2 is 2.06 bits per heavy atom. The van der Waals surface area contributed by atoms with E-state index in [9.17, 15) is 28.5 Å². The number of nitro benzene ring substituents is 1. The first kappa shape index (κ1) is 22.0. The highest BCUT2D eigenvalue weighted by Crippen LogP contribution is 2.22. The summed E-state index contributed by atoms with van der Waals surface area (Å²) < 4.78 is 34.1. The van der Waals surface area contributed by atoms with Crippen molar-refractivity contribution in [3.8, 4) is 0 Å². The van der Waals surface area contributed by atoms with Gasteiger partial charge in [-0.3, -0.25) is 19.7 Å². The van der Waals surface area contributed by atoms with Crippen LogP contribution in [-0.4, -0.2) is 28.0 Å². The number of esters is 1. The number of carbonyl (C=O) groups excluding carboxylic acids is 2. The van der Waals surface area contributed by atoms with Crippen LogP contribution in [0.2, 0.25) is 0 Å². The quantitative estimate of drug-likeness (QED) is 0.249. The minimum absolute atomic E-state index is 0.0266. The maximum absolute atomic E-state index is 14.4. The lowest BCUT2D eigenvalue weighted by molar-refractivity contribution is -0.384. The molecule has 1 amide bonds. The van der Waals surface area contributed by atoms with E-state index in [1.54, 1.807) is 13.0 Å². The highest BCUT2D eigenvalue weighted by molar-refractivity contribution is 7.16. The summed E-state index contributed by atoms with van der Waals surface area (Å²) in [5.74, 6) is -3.14. The monoisotopic (exact) mass is 447 g/mol. The summed E-state index contributed by atoms with van der Waals surface area (Å²) in [5.41, 5.74) is 0.191. The molecule has 8 nitrogen and oxygen atoms in total. The minimum Gasteiger partial charge on any atom is -0.465 e. The van der Waals surface area contributed by atoms with Crippen LogP contribution in [0.15, 0.2) is 47.5 Å². The lowest BCUT2D eigenvalue weighted by atomic mass is 10.2. The van der Waals surface area contributed by atoms with Gasteiger partial charge in [-0.15, -0.1) is 0 Å². The number of ether oxygens (including phenoxy) is 1. The van der Waals surface area contributed by atoms with Crippen molar-refractivity contribution in [1.82, 2.24) is 4.57 Å². The number of halogens is 2. The molecule has 3 rings (SSSR count). The standard InChI is InChI=1S/C20H15F2N3O5S/c1-2-30-18(27)11-24-19-15(22)9-13(21)10-16(19)31-20(24)23-17(26)7-6-12-4-3-5-14(8-12)25(28)29/h3-10H,2,11H2,1H3. The van der Waals surface area contributed by atoms with Gasteiger partial charge in [0.15, 0.2) is 10.6 Å². The maximum atomic E-state index is 14.4. The zero-order chi connectivity index (χ0) is 22.5. The molecule has 0 radical (unpaired) electrons. The highest BCUT2D eigenvalue weighted by atomic mass is 32.1. The van der Waals surface area contributed by atoms with E-state index in [-0.39, 0.29) is 27.3 Å². The van der Waals surface area contributed by atoms with Crippen LogP contribution in [0.3, 0.4) is 0 Å². The number of hydrogen-bond donors (Lipinski definition) is 0. The Labute approximate surface area is 177 Å². The molecule has 3 aromatic rings. The molecule has 2 aromatic carbocycles. The predicted molar refractivity (Wildman–Crippen MR) is 109 cm³/mol. The Kier molecular flexibility index (Phi) is 6.65. The smallest absolute Gasteiger partial charge is 0.326 e. The molecule has 0 aliphatic heterocycles. The molecule has 160 valence electrons. The number of amides is 1. The van der Waals surface area contributed by atoms with Crippen LogP contribution in [0, 0.1) is 21.7 Å². The molecule has 0 N–H and O–H groups in total. The van der Waals surface area contributed by atoms with Crippen LogP contribution >= 0.6 is 11.3 Å². The fraction of sp³-hybridized carbons (Fsp3) is 0.150. The molecule has 0 fully saturated rings. The van der Waals surface area contributed by atoms with Gasteiger partial charge in [0.05, 0.1) is 21.7 Å². The third-order valence-corrected chi connectivity index (χ3v) is 5.02. The number of non-ortho nitro benzene ring substituents is 1. The number of rotatable bonds is 6. The number of hydrogen-bond acceptors (Lipinski definition) is 6. The number of fused-ring (bicyclic) bond motifs is 1. The molecule has 0 saturated heterocycles. The normalized spacial score (nSPS) is 11.9. The van der Waals surface area contributed by atoms with E-state index in [4.69, 9.17) is 4.74 Å². The number of thiazole rings is 1. The van der Waals surface area contributed by atoms with Crippen LogP contribution in [-0.2, 0) is 20.9 Å². The van der Waals surface area contributed by atoms with Crippen LogP contribution in [0.4, 0.5) is 14.5 Å². The SMILES string of the molecule is CCOC(=O)Cn1c(=NC(=O)C=Cc2cccc([N+](=O)[O-])c2)sc2cc(F)cc(F)c21. The average molecular weight is 447 g/mol. The highest BCUT2D eigenvalue weighted by Gasteiger charge is 2.16. The van der Waals surface area contributed by atoms with Gasteiger partial charge in [0, 0.05) is 24.3 Å². The lowest BCUT2D eigenvalue weighted by Gasteiger charge is -2.05. The first-order chi connectivity index (χ1) is 14.8. The van der Waals surface area contributed by atoms with E-state index in [0.29, 0.717) is 11.6 Å². The van der Waals surface area contributed by atoms with Crippen molar-refractivity contribution in [3.05, 3.63) is 74.6 Å². The summed E-state index contributed by atoms with van der Waals surface area (Å²) in [4.78, 5) is 38.4. The van der Waals surface area contributed by atoms with Gasteiger partial charge < -0.3 is 9.30 Å². The lowest BCUT2D eigenvalue weighted by Crippen LogP contribution is -2.23. The van der Waals surface area contributed by atoms with Gasteiger partial charge in [-0.05, 0) is 24.6 Å². The Morgan fingerprint density at radius 1 is 1.29 bits per heavy atom. The van der Waals surface area contributed by atoms with Crippen molar-refractivity contribution in [2.24, 2.45) is 4.99 Å². The number of nitro groups is 1. The van der Waals surface area contributed by atoms with Gasteiger partial charge in [0.25, 0.3) is 11.6 Å². The molecule has 0 aliphatic carbocycles. The molecule has 1 heterocycles. The molecule has 0 unspecified atom stereocenters. The van der Waals surface area contributed by atoms with Crippen LogP contribution in [0.5, 0.6) is 0 Å². The topological polar surface area (TPSA) is 104 Å². The van der Waals surface area contributed by atoms with Crippen molar-refractivity contribution >= 4 is 45.2 Å². The van der Waals surface area contributed by atoms with Gasteiger partial charge in [-0.1, -0.05) is 23.5 Å². The van der Waals surface area contributed by atoms with Crippen molar-refractivity contribution < 1.29 is 28.0 Å². The Balaban J connectivity index is 2.01. The fourth-order valence-corrected chi connectivity index (χ4v) is 3.81. The van der Waals surface area contributed by atoms with Gasteiger partial charge in [-0.2, -0.15) is 4.99 Å². The molecular formula is C20H15F2N3O5S. The molecule has 0 aliphatic rings. The van der Waals surface area contributed by atoms with Gasteiger partial charge in [0.1, 0.15) is 12.4 Å². The van der Waals surface area contributed by atoms with E-state index in [0.717, 1.165) is 28.0 Å². The molecule has 0 spiro atoms. The molecular weight excluding hydrogens is 432 g/mol. The number of aromatic nitrogens is 1. The summed E-state index contributed by atoms with van der Waals surface area (Å²) in [6.45, 7) is 1.30. The molecule has 0 bridgehead atoms. The Hall–Kier alpha value is -3.73. The molecule has 0 saturated carbocycles. The maximum Gasteiger partial charge on any atom is 0.326 e. The second-order valence-corrected chi connectivity index (χ2v) is 7.15. The van der Waals surface area contributed by atoms with E-state index in [2.05, 4.69) is 4.99 Å². The second-order valence-electron chi connectivity index (χ2n) is 6.15. The second kappa shape index (κ2) is 9.39. The number of carbonyl (C=O) groups is 2. The molecule has 1 aromatic heterocycles. The zero-order valence-corrected chi connectivity index (χ0v) is 16.9. The predicted octanol–water partition coefficient (Wildman–Crippen LogP) is 3.59. The van der Waals surface area contributed by atoms with Crippen molar-refractivity contribution in [2.45, 2.75) is 13.5 Å². The third kappa shape index (κ3) is 5.25. The number of benzene rings is 2. The first-order valence-corrected chi connectivity index (χ1v) is 9.75. The Morgan fingerprint density at radius 3 is 2.77 bits per heavy atom. The van der Waals surface area contributed by atoms with E-state index in [1.165, 1.54) is 24.3 Å². The average Bonchev–Trinajstić information content (AvgIpc) is 3.03. The van der Waals surface area contributed by atoms with Crippen LogP contribution in [0.25, 0.3) is 16.3 Å². The van der Waals surface area contributed by atoms with Gasteiger partial charge in [-0.25, -0.2) is 8.78 Å². The molecule has 0 atom stereocenters. The summed E-state index contributed by atoms with van der Waals surface area (Å²) in [6.07, 6.45) is 2.41. The summed E-state index contributed by atoms with van der Waals surface area (Å²) in [5, 5.41) is 10.8. The van der Waals surface area contributed by atoms with Crippen LogP contribution in [0.1, 0.15) is 12.5 Å². The van der Waals surface area contributed by atoms with E-state index < -0.39 is 35.0 Å². The minimum atomic E-state index is -0.906. The fourth-order valence-electron chi connectivity index (χ4n) is 2.74. The first-order valence-electron chi connectivity index (χ1n) is 8.93.